The van der Waals surface area contributed by atoms with Crippen molar-refractivity contribution in [3.63, 3.8) is 0 Å². The van der Waals surface area contributed by atoms with E-state index < -0.39 is 11.0 Å². The fraction of sp³-hybridized carbons (Fsp3) is 0.222. The van der Waals surface area contributed by atoms with E-state index in [9.17, 15) is 9.00 Å². The van der Waals surface area contributed by atoms with Crippen molar-refractivity contribution in [2.45, 2.75) is 4.90 Å². The van der Waals surface area contributed by atoms with Gasteiger partial charge in [-0.3, -0.25) is 9.52 Å². The molecule has 1 amide bonds. The Morgan fingerprint density at radius 2 is 1.66 bits per heavy atom. The number of nitrogens with one attached hydrogen (secondary N) is 2. The lowest BCUT2D eigenvalue weighted by Crippen LogP contribution is -2.47. The number of likely N-dealkylation sites (N-methyl/N-ethyl adjacent to an activating group) is 1. The number of methoxy groups -OCH3 is 1. The number of fused-ring (bicyclic) bond motifs is 1. The van der Waals surface area contributed by atoms with Crippen LogP contribution in [-0.4, -0.2) is 70.2 Å². The van der Waals surface area contributed by atoms with Crippen molar-refractivity contribution in [3.8, 4) is 5.75 Å². The highest BCUT2D eigenvalue weighted by atomic mass is 35.5. The number of benzene rings is 3. The standard InChI is InChI=1S/C27H27ClN6O3S/c1-33-12-14-34(15-13-33)27(35)18-6-5-7-20(16-18)38(36)32-26-25(29-22-8-3-4-9-23(22)30-26)31-24-17-19(37-2)10-11-21(24)28/h3-11,16-17H,12-15H2,1-2H3,(H,29,31)(H,30,32). The van der Waals surface area contributed by atoms with Crippen molar-refractivity contribution >= 4 is 56.9 Å². The SMILES string of the molecule is COc1ccc(Cl)c(Nc2nc3ccccc3nc2NS(=O)c2cccc(C(=O)N3CCN(C)CC3)c2)c1. The Balaban J connectivity index is 1.43. The number of halogens is 1. The van der Waals surface area contributed by atoms with E-state index in [-0.39, 0.29) is 11.7 Å². The number of aromatic nitrogens is 2. The Morgan fingerprint density at radius 1 is 0.947 bits per heavy atom. The molecule has 2 heterocycles. The van der Waals surface area contributed by atoms with Gasteiger partial charge in [-0.15, -0.1) is 0 Å². The van der Waals surface area contributed by atoms with E-state index >= 15 is 0 Å². The second-order valence-electron chi connectivity index (χ2n) is 8.87. The first-order valence-electron chi connectivity index (χ1n) is 12.0. The third-order valence-corrected chi connectivity index (χ3v) is 7.66. The number of amides is 1. The summed E-state index contributed by atoms with van der Waals surface area (Å²) in [6.07, 6.45) is 0. The maximum absolute atomic E-state index is 13.4. The quantitative estimate of drug-likeness (QED) is 0.348. The number of anilines is 3. The molecule has 9 nitrogen and oxygen atoms in total. The van der Waals surface area contributed by atoms with E-state index in [1.807, 2.05) is 36.2 Å². The zero-order chi connectivity index (χ0) is 26.6. The molecule has 1 saturated heterocycles. The van der Waals surface area contributed by atoms with Gasteiger partial charge in [-0.25, -0.2) is 14.2 Å². The Kier molecular flexibility index (Phi) is 7.73. The summed E-state index contributed by atoms with van der Waals surface area (Å²) in [4.78, 5) is 26.9. The molecule has 1 aliphatic rings. The molecule has 0 spiro atoms. The van der Waals surface area contributed by atoms with E-state index in [2.05, 4.69) is 19.9 Å². The highest BCUT2D eigenvalue weighted by molar-refractivity contribution is 7.86. The molecule has 38 heavy (non-hydrogen) atoms. The Labute approximate surface area is 228 Å². The van der Waals surface area contributed by atoms with Gasteiger partial charge in [0, 0.05) is 37.8 Å². The monoisotopic (exact) mass is 550 g/mol. The largest absolute Gasteiger partial charge is 0.497 e. The van der Waals surface area contributed by atoms with Gasteiger partial charge in [-0.05, 0) is 49.5 Å². The lowest BCUT2D eigenvalue weighted by molar-refractivity contribution is 0.0664. The summed E-state index contributed by atoms with van der Waals surface area (Å²) in [5.41, 5.74) is 2.34. The van der Waals surface area contributed by atoms with Gasteiger partial charge in [0.2, 0.25) is 0 Å². The predicted octanol–water partition coefficient (Wildman–Crippen LogP) is 4.56. The number of ether oxygens (including phenoxy) is 1. The van der Waals surface area contributed by atoms with E-state index in [4.69, 9.17) is 21.3 Å². The van der Waals surface area contributed by atoms with Crippen molar-refractivity contribution in [1.82, 2.24) is 19.8 Å². The van der Waals surface area contributed by atoms with Gasteiger partial charge in [0.15, 0.2) is 22.6 Å². The molecule has 3 aromatic carbocycles. The molecule has 0 saturated carbocycles. The highest BCUT2D eigenvalue weighted by Crippen LogP contribution is 2.32. The summed E-state index contributed by atoms with van der Waals surface area (Å²) in [5, 5.41) is 3.65. The maximum Gasteiger partial charge on any atom is 0.253 e. The number of hydrogen-bond donors (Lipinski definition) is 2. The third kappa shape index (κ3) is 5.72. The summed E-state index contributed by atoms with van der Waals surface area (Å²) in [7, 11) is 1.89. The van der Waals surface area contributed by atoms with Gasteiger partial charge in [-0.2, -0.15) is 0 Å². The minimum absolute atomic E-state index is 0.0718. The summed E-state index contributed by atoms with van der Waals surface area (Å²) < 4.78 is 21.7. The van der Waals surface area contributed by atoms with Gasteiger partial charge >= 0.3 is 0 Å². The van der Waals surface area contributed by atoms with Crippen LogP contribution in [0.4, 0.5) is 17.3 Å². The van der Waals surface area contributed by atoms with Crippen LogP contribution in [-0.2, 0) is 11.0 Å². The zero-order valence-corrected chi connectivity index (χ0v) is 22.6. The van der Waals surface area contributed by atoms with E-state index in [1.54, 1.807) is 49.6 Å². The van der Waals surface area contributed by atoms with Crippen molar-refractivity contribution in [3.05, 3.63) is 77.3 Å². The fourth-order valence-electron chi connectivity index (χ4n) is 4.10. The zero-order valence-electron chi connectivity index (χ0n) is 21.0. The minimum Gasteiger partial charge on any atom is -0.497 e. The molecule has 1 aliphatic heterocycles. The van der Waals surface area contributed by atoms with Crippen LogP contribution in [0, 0.1) is 0 Å². The van der Waals surface area contributed by atoms with Crippen LogP contribution in [0.2, 0.25) is 5.02 Å². The van der Waals surface area contributed by atoms with Crippen molar-refractivity contribution in [2.24, 2.45) is 0 Å². The van der Waals surface area contributed by atoms with Crippen LogP contribution in [0.1, 0.15) is 10.4 Å². The molecule has 1 unspecified atom stereocenters. The first kappa shape index (κ1) is 25.9. The Hall–Kier alpha value is -3.73. The number of carbonyl (C=O) groups excluding carboxylic acids is 1. The third-order valence-electron chi connectivity index (χ3n) is 6.27. The molecule has 0 aliphatic carbocycles. The number of nitrogens with zero attached hydrogens (tertiary/aromatic N) is 4. The molecule has 0 bridgehead atoms. The Bertz CT molecular complexity index is 1510. The second-order valence-corrected chi connectivity index (χ2v) is 10.5. The van der Waals surface area contributed by atoms with E-state index in [0.29, 0.717) is 56.9 Å². The molecule has 1 aromatic heterocycles. The second kappa shape index (κ2) is 11.3. The van der Waals surface area contributed by atoms with Crippen LogP contribution >= 0.6 is 11.6 Å². The molecular weight excluding hydrogens is 524 g/mol. The molecule has 0 radical (unpaired) electrons. The van der Waals surface area contributed by atoms with Gasteiger partial charge in [0.05, 0.1) is 33.7 Å². The number of carbonyl (C=O) groups is 1. The van der Waals surface area contributed by atoms with Crippen LogP contribution in [0.25, 0.3) is 11.0 Å². The average molecular weight is 551 g/mol. The van der Waals surface area contributed by atoms with Crippen molar-refractivity contribution in [1.29, 1.82) is 0 Å². The maximum atomic E-state index is 13.4. The molecule has 5 rings (SSSR count). The number of para-hydroxylation sites is 2. The normalized spacial score (nSPS) is 14.8. The van der Waals surface area contributed by atoms with Gasteiger partial charge in [-0.1, -0.05) is 29.8 Å². The molecule has 4 aromatic rings. The first-order chi connectivity index (χ1) is 18.4. The molecular formula is C27H27ClN6O3S. The van der Waals surface area contributed by atoms with E-state index in [1.165, 1.54) is 0 Å². The van der Waals surface area contributed by atoms with Crippen LogP contribution < -0.4 is 14.8 Å². The van der Waals surface area contributed by atoms with Crippen LogP contribution in [0.5, 0.6) is 5.75 Å². The highest BCUT2D eigenvalue weighted by Gasteiger charge is 2.21. The van der Waals surface area contributed by atoms with Gasteiger partial charge in [0.1, 0.15) is 5.75 Å². The number of piperazine rings is 1. The van der Waals surface area contributed by atoms with Gasteiger partial charge in [0.25, 0.3) is 5.91 Å². The summed E-state index contributed by atoms with van der Waals surface area (Å²) >= 11 is 6.41. The average Bonchev–Trinajstić information content (AvgIpc) is 2.94. The van der Waals surface area contributed by atoms with Crippen molar-refractivity contribution < 1.29 is 13.7 Å². The number of hydrogen-bond acceptors (Lipinski definition) is 7. The minimum atomic E-state index is -1.72. The predicted molar refractivity (Wildman–Crippen MR) is 151 cm³/mol. The van der Waals surface area contributed by atoms with E-state index in [0.717, 1.165) is 13.1 Å². The lowest BCUT2D eigenvalue weighted by atomic mass is 10.2. The number of rotatable bonds is 7. The van der Waals surface area contributed by atoms with Crippen LogP contribution in [0.3, 0.4) is 0 Å². The van der Waals surface area contributed by atoms with Crippen LogP contribution in [0.15, 0.2) is 71.6 Å². The molecule has 2 N–H and O–H groups in total. The fourth-order valence-corrected chi connectivity index (χ4v) is 5.13. The van der Waals surface area contributed by atoms with Gasteiger partial charge < -0.3 is 19.9 Å². The summed E-state index contributed by atoms with van der Waals surface area (Å²) in [6.45, 7) is 2.98. The summed E-state index contributed by atoms with van der Waals surface area (Å²) in [6, 6.07) is 19.5. The smallest absolute Gasteiger partial charge is 0.253 e. The first-order valence-corrected chi connectivity index (χ1v) is 13.6. The molecule has 1 fully saturated rings. The topological polar surface area (TPSA) is 99.7 Å². The molecule has 1 atom stereocenters. The lowest BCUT2D eigenvalue weighted by Gasteiger charge is -2.32. The summed E-state index contributed by atoms with van der Waals surface area (Å²) in [5.74, 6) is 1.16. The molecule has 196 valence electrons. The van der Waals surface area contributed by atoms with Crippen molar-refractivity contribution in [2.75, 3.05) is 50.4 Å². The Morgan fingerprint density at radius 3 is 2.37 bits per heavy atom. The molecule has 11 heteroatoms.